The van der Waals surface area contributed by atoms with E-state index >= 15 is 0 Å². The van der Waals surface area contributed by atoms with Crippen molar-refractivity contribution in [3.63, 3.8) is 0 Å². The first-order chi connectivity index (χ1) is 9.72. The molecular weight excluding hydrogens is 260 g/mol. The molecule has 0 atom stereocenters. The first-order valence-electron chi connectivity index (χ1n) is 6.25. The van der Waals surface area contributed by atoms with Crippen molar-refractivity contribution in [1.29, 1.82) is 0 Å². The molecule has 0 aliphatic heterocycles. The van der Waals surface area contributed by atoms with Crippen molar-refractivity contribution in [2.75, 3.05) is 25.5 Å². The molecule has 4 N–H and O–H groups in total. The number of aromatic amines is 1. The summed E-state index contributed by atoms with van der Waals surface area (Å²) in [5.41, 5.74) is 0.484. The van der Waals surface area contributed by atoms with Crippen molar-refractivity contribution >= 4 is 28.7 Å². The number of nitrogens with zero attached hydrogens (tertiary/aromatic N) is 2. The fourth-order valence-electron chi connectivity index (χ4n) is 1.66. The smallest absolute Gasteiger partial charge is 0.314 e. The van der Waals surface area contributed by atoms with Crippen LogP contribution in [-0.2, 0) is 9.59 Å². The number of hydrogen-bond acceptors (Lipinski definition) is 5. The molecule has 8 nitrogen and oxygen atoms in total. The third-order valence-corrected chi connectivity index (χ3v) is 2.66. The Hall–Kier alpha value is -2.48. The van der Waals surface area contributed by atoms with Gasteiger partial charge in [-0.1, -0.05) is 0 Å². The number of amides is 2. The van der Waals surface area contributed by atoms with Crippen LogP contribution in [0.2, 0.25) is 0 Å². The number of pyridine rings is 1. The van der Waals surface area contributed by atoms with Gasteiger partial charge in [-0.3, -0.25) is 14.7 Å². The Morgan fingerprint density at radius 2 is 2.15 bits per heavy atom. The molecule has 0 radical (unpaired) electrons. The van der Waals surface area contributed by atoms with Crippen LogP contribution in [-0.4, -0.2) is 47.1 Å². The quantitative estimate of drug-likeness (QED) is 0.439. The molecule has 20 heavy (non-hydrogen) atoms. The molecular formula is C12H16N6O2. The number of H-pyrrole nitrogens is 1. The van der Waals surface area contributed by atoms with Gasteiger partial charge >= 0.3 is 11.8 Å². The molecule has 0 bridgehead atoms. The topological polar surface area (TPSA) is 112 Å². The number of carbonyl (C=O) groups is 2. The molecule has 0 fully saturated rings. The summed E-state index contributed by atoms with van der Waals surface area (Å²) in [5.74, 6) is -1.04. The maximum Gasteiger partial charge on any atom is 0.314 e. The molecule has 0 aliphatic carbocycles. The average molecular weight is 276 g/mol. The second-order valence-corrected chi connectivity index (χ2v) is 4.14. The summed E-state index contributed by atoms with van der Waals surface area (Å²) < 4.78 is 0. The van der Waals surface area contributed by atoms with E-state index in [1.807, 2.05) is 7.05 Å². The maximum atomic E-state index is 11.7. The van der Waals surface area contributed by atoms with E-state index in [9.17, 15) is 9.59 Å². The highest BCUT2D eigenvalue weighted by Crippen LogP contribution is 2.17. The second-order valence-electron chi connectivity index (χ2n) is 4.14. The van der Waals surface area contributed by atoms with Gasteiger partial charge in [0.05, 0.1) is 5.39 Å². The number of carbonyl (C=O) groups excluding carboxylic acids is 2. The highest BCUT2D eigenvalue weighted by atomic mass is 16.2. The SMILES string of the molecule is CNCCCNC(=O)C(=O)Nc1[nH]nc2ncccc12. The number of hydrogen-bond donors (Lipinski definition) is 4. The van der Waals surface area contributed by atoms with Crippen molar-refractivity contribution in [3.05, 3.63) is 18.3 Å². The van der Waals surface area contributed by atoms with Crippen molar-refractivity contribution in [2.24, 2.45) is 0 Å². The Bertz CT molecular complexity index is 609. The predicted molar refractivity (Wildman–Crippen MR) is 74.1 cm³/mol. The van der Waals surface area contributed by atoms with Crippen LogP contribution in [0.3, 0.4) is 0 Å². The molecule has 2 heterocycles. The molecule has 2 rings (SSSR count). The molecule has 0 unspecified atom stereocenters. The lowest BCUT2D eigenvalue weighted by Crippen LogP contribution is -2.36. The van der Waals surface area contributed by atoms with Gasteiger partial charge in [-0.15, -0.1) is 0 Å². The largest absolute Gasteiger partial charge is 0.348 e. The summed E-state index contributed by atoms with van der Waals surface area (Å²) in [7, 11) is 1.83. The third-order valence-electron chi connectivity index (χ3n) is 2.66. The minimum absolute atomic E-state index is 0.364. The Morgan fingerprint density at radius 3 is 2.95 bits per heavy atom. The Labute approximate surface area is 115 Å². The van der Waals surface area contributed by atoms with Gasteiger partial charge in [0.15, 0.2) is 5.65 Å². The fraction of sp³-hybridized carbons (Fsp3) is 0.333. The molecule has 0 spiro atoms. The second kappa shape index (κ2) is 6.62. The molecule has 2 aromatic rings. The summed E-state index contributed by atoms with van der Waals surface area (Å²) in [6.45, 7) is 1.22. The molecule has 2 aromatic heterocycles. The standard InChI is InChI=1S/C12H16N6O2/c1-13-5-3-7-15-11(19)12(20)16-10-8-4-2-6-14-9(8)17-18-10/h2,4,6,13H,3,5,7H2,1H3,(H,15,19)(H2,14,16,17,18,20). The zero-order valence-electron chi connectivity index (χ0n) is 11.1. The Morgan fingerprint density at radius 1 is 1.30 bits per heavy atom. The first kappa shape index (κ1) is 13.9. The van der Waals surface area contributed by atoms with Gasteiger partial charge in [0.25, 0.3) is 0 Å². The molecule has 2 amide bonds. The van der Waals surface area contributed by atoms with Crippen molar-refractivity contribution in [3.8, 4) is 0 Å². The van der Waals surface area contributed by atoms with E-state index in [0.717, 1.165) is 13.0 Å². The zero-order chi connectivity index (χ0) is 14.4. The van der Waals surface area contributed by atoms with E-state index in [1.54, 1.807) is 18.3 Å². The highest BCUT2D eigenvalue weighted by Gasteiger charge is 2.15. The number of rotatable bonds is 5. The molecule has 0 saturated carbocycles. The molecule has 8 heteroatoms. The third kappa shape index (κ3) is 3.29. The highest BCUT2D eigenvalue weighted by molar-refractivity contribution is 6.40. The van der Waals surface area contributed by atoms with Crippen LogP contribution in [0.15, 0.2) is 18.3 Å². The molecule has 106 valence electrons. The summed E-state index contributed by atoms with van der Waals surface area (Å²) in [6.07, 6.45) is 2.36. The maximum absolute atomic E-state index is 11.7. The number of aromatic nitrogens is 3. The fourth-order valence-corrected chi connectivity index (χ4v) is 1.66. The summed E-state index contributed by atoms with van der Waals surface area (Å²) in [4.78, 5) is 27.3. The number of nitrogens with one attached hydrogen (secondary N) is 4. The lowest BCUT2D eigenvalue weighted by Gasteiger charge is -2.05. The number of anilines is 1. The van der Waals surface area contributed by atoms with Crippen LogP contribution in [0.1, 0.15) is 6.42 Å². The van der Waals surface area contributed by atoms with Crippen molar-refractivity contribution < 1.29 is 9.59 Å². The zero-order valence-corrected chi connectivity index (χ0v) is 11.1. The van der Waals surface area contributed by atoms with Crippen LogP contribution < -0.4 is 16.0 Å². The molecule has 0 saturated heterocycles. The van der Waals surface area contributed by atoms with Gasteiger partial charge in [0.1, 0.15) is 5.82 Å². The van der Waals surface area contributed by atoms with Crippen LogP contribution in [0.5, 0.6) is 0 Å². The summed E-state index contributed by atoms with van der Waals surface area (Å²) >= 11 is 0. The average Bonchev–Trinajstić information content (AvgIpc) is 2.87. The number of fused-ring (bicyclic) bond motifs is 1. The molecule has 0 aromatic carbocycles. The van der Waals surface area contributed by atoms with E-state index in [0.29, 0.717) is 23.4 Å². The predicted octanol–water partition coefficient (Wildman–Crippen LogP) is -0.378. The van der Waals surface area contributed by atoms with E-state index < -0.39 is 11.8 Å². The van der Waals surface area contributed by atoms with Crippen molar-refractivity contribution in [1.82, 2.24) is 25.8 Å². The van der Waals surface area contributed by atoms with Gasteiger partial charge in [0, 0.05) is 12.7 Å². The van der Waals surface area contributed by atoms with Crippen molar-refractivity contribution in [2.45, 2.75) is 6.42 Å². The minimum Gasteiger partial charge on any atom is -0.348 e. The Kier molecular flexibility index (Phi) is 4.61. The lowest BCUT2D eigenvalue weighted by atomic mass is 10.3. The first-order valence-corrected chi connectivity index (χ1v) is 6.25. The monoisotopic (exact) mass is 276 g/mol. The van der Waals surface area contributed by atoms with Gasteiger partial charge in [-0.25, -0.2) is 4.98 Å². The lowest BCUT2D eigenvalue weighted by molar-refractivity contribution is -0.136. The van der Waals surface area contributed by atoms with Crippen LogP contribution in [0, 0.1) is 0 Å². The van der Waals surface area contributed by atoms with Crippen LogP contribution >= 0.6 is 0 Å². The molecule has 0 aliphatic rings. The van der Waals surface area contributed by atoms with E-state index in [1.165, 1.54) is 0 Å². The van der Waals surface area contributed by atoms with Gasteiger partial charge in [0.2, 0.25) is 0 Å². The minimum atomic E-state index is -0.733. The summed E-state index contributed by atoms with van der Waals surface area (Å²) in [6, 6.07) is 3.48. The van der Waals surface area contributed by atoms with E-state index in [-0.39, 0.29) is 0 Å². The van der Waals surface area contributed by atoms with Gasteiger partial charge in [-0.05, 0) is 32.1 Å². The van der Waals surface area contributed by atoms with E-state index in [4.69, 9.17) is 0 Å². The summed E-state index contributed by atoms with van der Waals surface area (Å²) in [5, 5.41) is 15.2. The van der Waals surface area contributed by atoms with Gasteiger partial charge in [-0.2, -0.15) is 5.10 Å². The van der Waals surface area contributed by atoms with Crippen LogP contribution in [0.4, 0.5) is 5.82 Å². The van der Waals surface area contributed by atoms with E-state index in [2.05, 4.69) is 31.1 Å². The van der Waals surface area contributed by atoms with Gasteiger partial charge < -0.3 is 16.0 Å². The Balaban J connectivity index is 1.92. The normalized spacial score (nSPS) is 10.4. The van der Waals surface area contributed by atoms with Crippen LogP contribution in [0.25, 0.3) is 11.0 Å².